The van der Waals surface area contributed by atoms with Gasteiger partial charge in [0, 0.05) is 30.2 Å². The highest BCUT2D eigenvalue weighted by Gasteiger charge is 2.30. The van der Waals surface area contributed by atoms with Crippen LogP contribution in [0.15, 0.2) is 40.9 Å². The van der Waals surface area contributed by atoms with E-state index in [2.05, 4.69) is 11.9 Å². The minimum atomic E-state index is -1.48. The van der Waals surface area contributed by atoms with Gasteiger partial charge < -0.3 is 10.2 Å². The number of hydrogen-bond acceptors (Lipinski definition) is 4. The van der Waals surface area contributed by atoms with Gasteiger partial charge >= 0.3 is 5.97 Å². The molecule has 1 unspecified atom stereocenters. The van der Waals surface area contributed by atoms with Crippen molar-refractivity contribution in [1.82, 2.24) is 0 Å². The molecular weight excluding hydrogens is 378 g/mol. The van der Waals surface area contributed by atoms with Crippen LogP contribution in [0.3, 0.4) is 0 Å². The molecule has 5 heteroatoms. The van der Waals surface area contributed by atoms with E-state index in [0.29, 0.717) is 17.6 Å². The summed E-state index contributed by atoms with van der Waals surface area (Å²) in [6.45, 7) is 2.23. The summed E-state index contributed by atoms with van der Waals surface area (Å²) < 4.78 is 0. The molecule has 0 aliphatic carbocycles. The smallest absolute Gasteiger partial charge is 0.303 e. The Labute approximate surface area is 179 Å². The van der Waals surface area contributed by atoms with Crippen molar-refractivity contribution < 1.29 is 19.8 Å². The molecule has 0 saturated carbocycles. The minimum absolute atomic E-state index is 0.0314. The van der Waals surface area contributed by atoms with Crippen LogP contribution in [0.1, 0.15) is 93.5 Å². The van der Waals surface area contributed by atoms with E-state index in [1.807, 2.05) is 24.3 Å². The number of carbonyl (C=O) groups is 2. The van der Waals surface area contributed by atoms with Gasteiger partial charge in [-0.25, -0.2) is 0 Å². The van der Waals surface area contributed by atoms with Gasteiger partial charge in [0.15, 0.2) is 11.5 Å². The molecule has 1 aliphatic heterocycles. The molecule has 164 valence electrons. The number of ketones is 1. The number of aliphatic carboxylic acids is 1. The number of nitrogens with zero attached hydrogens (tertiary/aromatic N) is 1. The van der Waals surface area contributed by atoms with Gasteiger partial charge in [0.1, 0.15) is 0 Å². The average molecular weight is 414 g/mol. The molecule has 0 fully saturated rings. The highest BCUT2D eigenvalue weighted by Crippen LogP contribution is 2.26. The van der Waals surface area contributed by atoms with Gasteiger partial charge in [-0.1, -0.05) is 76.1 Å². The Morgan fingerprint density at radius 1 is 0.967 bits per heavy atom. The van der Waals surface area contributed by atoms with Gasteiger partial charge in [-0.05, 0) is 30.9 Å². The van der Waals surface area contributed by atoms with Crippen molar-refractivity contribution in [2.45, 2.75) is 89.7 Å². The van der Waals surface area contributed by atoms with E-state index in [4.69, 9.17) is 5.11 Å². The Morgan fingerprint density at radius 2 is 1.63 bits per heavy atom. The number of carboxylic acid groups (broad SMARTS) is 1. The zero-order chi connectivity index (χ0) is 21.8. The first-order valence-corrected chi connectivity index (χ1v) is 11.3. The van der Waals surface area contributed by atoms with Crippen LogP contribution in [0.2, 0.25) is 0 Å². The van der Waals surface area contributed by atoms with Gasteiger partial charge in [-0.15, -0.1) is 0 Å². The second kappa shape index (κ2) is 12.4. The molecule has 2 N–H and O–H groups in total. The van der Waals surface area contributed by atoms with E-state index in [-0.39, 0.29) is 18.6 Å². The predicted molar refractivity (Wildman–Crippen MR) is 120 cm³/mol. The van der Waals surface area contributed by atoms with Gasteiger partial charge in [0.05, 0.1) is 0 Å². The van der Waals surface area contributed by atoms with E-state index in [1.54, 1.807) is 0 Å². The minimum Gasteiger partial charge on any atom is -0.481 e. The summed E-state index contributed by atoms with van der Waals surface area (Å²) >= 11 is 0. The Bertz CT molecular complexity index is 768. The molecule has 0 bridgehead atoms. The monoisotopic (exact) mass is 413 g/mol. The second-order valence-electron chi connectivity index (χ2n) is 8.19. The zero-order valence-corrected chi connectivity index (χ0v) is 18.1. The third kappa shape index (κ3) is 7.86. The van der Waals surface area contributed by atoms with Crippen LogP contribution in [-0.2, 0) is 11.2 Å². The summed E-state index contributed by atoms with van der Waals surface area (Å²) in [5.74, 6) is -1.04. The van der Waals surface area contributed by atoms with Crippen molar-refractivity contribution >= 4 is 18.0 Å². The van der Waals surface area contributed by atoms with E-state index in [0.717, 1.165) is 18.4 Å². The fourth-order valence-corrected chi connectivity index (χ4v) is 3.83. The number of rotatable bonds is 15. The van der Waals surface area contributed by atoms with Crippen LogP contribution in [-0.4, -0.2) is 33.9 Å². The predicted octanol–water partition coefficient (Wildman–Crippen LogP) is 5.51. The number of hydrogen-bond donors (Lipinski definition) is 2. The van der Waals surface area contributed by atoms with Crippen molar-refractivity contribution in [3.05, 3.63) is 47.0 Å². The molecule has 1 aromatic rings. The molecule has 0 radical (unpaired) electrons. The Kier molecular flexibility index (Phi) is 9.95. The molecule has 30 heavy (non-hydrogen) atoms. The molecular formula is C25H35NO4. The molecule has 0 spiro atoms. The molecule has 0 aromatic heterocycles. The molecule has 1 atom stereocenters. The standard InChI is InChI=1S/C25H35NO4/c1-2-3-4-5-6-7-8-9-13-20-14-10-11-15-22(20)24(29)21-18-25(30,26-19-21)17-12-16-23(27)28/h10-11,14-15,18-19,30H,2-9,12-13,16-17H2,1H3,(H,27,28). The quantitative estimate of drug-likeness (QED) is 0.293. The summed E-state index contributed by atoms with van der Waals surface area (Å²) in [7, 11) is 0. The fraction of sp³-hybridized carbons (Fsp3) is 0.560. The summed E-state index contributed by atoms with van der Waals surface area (Å²) in [4.78, 5) is 27.7. The zero-order valence-electron chi connectivity index (χ0n) is 18.1. The van der Waals surface area contributed by atoms with Crippen LogP contribution in [0, 0.1) is 0 Å². The van der Waals surface area contributed by atoms with Crippen LogP contribution < -0.4 is 0 Å². The van der Waals surface area contributed by atoms with Crippen molar-refractivity contribution in [3.63, 3.8) is 0 Å². The van der Waals surface area contributed by atoms with Crippen LogP contribution in [0.25, 0.3) is 0 Å². The summed E-state index contributed by atoms with van der Waals surface area (Å²) in [5.41, 5.74) is 0.584. The first kappa shape index (κ1) is 24.0. The lowest BCUT2D eigenvalue weighted by molar-refractivity contribution is -0.137. The van der Waals surface area contributed by atoms with E-state index in [1.165, 1.54) is 57.2 Å². The largest absolute Gasteiger partial charge is 0.481 e. The highest BCUT2D eigenvalue weighted by atomic mass is 16.4. The van der Waals surface area contributed by atoms with Crippen molar-refractivity contribution in [1.29, 1.82) is 0 Å². The molecule has 1 aliphatic rings. The number of aliphatic hydroxyl groups is 1. The maximum Gasteiger partial charge on any atom is 0.303 e. The van der Waals surface area contributed by atoms with Gasteiger partial charge in [-0.2, -0.15) is 0 Å². The lowest BCUT2D eigenvalue weighted by Crippen LogP contribution is -2.21. The molecule has 0 saturated heterocycles. The average Bonchev–Trinajstić information content (AvgIpc) is 3.11. The maximum atomic E-state index is 13.0. The van der Waals surface area contributed by atoms with Crippen molar-refractivity contribution in [2.24, 2.45) is 4.99 Å². The normalized spacial score (nSPS) is 17.9. The number of allylic oxidation sites excluding steroid dienone is 1. The number of carboxylic acids is 1. The fourth-order valence-electron chi connectivity index (χ4n) is 3.83. The highest BCUT2D eigenvalue weighted by molar-refractivity contribution is 6.22. The number of unbranched alkanes of at least 4 members (excludes halogenated alkanes) is 7. The molecule has 0 amide bonds. The summed E-state index contributed by atoms with van der Waals surface area (Å²) in [5, 5.41) is 19.3. The lowest BCUT2D eigenvalue weighted by Gasteiger charge is -2.15. The van der Waals surface area contributed by atoms with Crippen LogP contribution >= 0.6 is 0 Å². The van der Waals surface area contributed by atoms with E-state index in [9.17, 15) is 14.7 Å². The third-order valence-corrected chi connectivity index (χ3v) is 5.57. The Balaban J connectivity index is 1.88. The van der Waals surface area contributed by atoms with Crippen molar-refractivity contribution in [2.75, 3.05) is 0 Å². The first-order valence-electron chi connectivity index (χ1n) is 11.3. The van der Waals surface area contributed by atoms with Crippen molar-refractivity contribution in [3.8, 4) is 0 Å². The SMILES string of the molecule is CCCCCCCCCCc1ccccc1C(=O)C1=CC(O)(CCCC(=O)O)N=C1. The van der Waals surface area contributed by atoms with E-state index >= 15 is 0 Å². The molecule has 5 nitrogen and oxygen atoms in total. The Hall–Kier alpha value is -2.27. The summed E-state index contributed by atoms with van der Waals surface area (Å²) in [6, 6.07) is 7.64. The molecule has 1 heterocycles. The number of carbonyl (C=O) groups excluding carboxylic acids is 1. The van der Waals surface area contributed by atoms with Gasteiger partial charge in [0.25, 0.3) is 0 Å². The third-order valence-electron chi connectivity index (χ3n) is 5.57. The van der Waals surface area contributed by atoms with Crippen LogP contribution in [0.4, 0.5) is 0 Å². The number of aryl methyl sites for hydroxylation is 1. The van der Waals surface area contributed by atoms with Gasteiger partial charge in [0.2, 0.25) is 0 Å². The molecule has 2 rings (SSSR count). The lowest BCUT2D eigenvalue weighted by atomic mass is 9.94. The second-order valence-corrected chi connectivity index (χ2v) is 8.19. The van der Waals surface area contributed by atoms with Gasteiger partial charge in [-0.3, -0.25) is 14.6 Å². The maximum absolute atomic E-state index is 13.0. The number of aliphatic imine (C=N–C) groups is 1. The molecule has 1 aromatic carbocycles. The van der Waals surface area contributed by atoms with E-state index < -0.39 is 11.7 Å². The summed E-state index contributed by atoms with van der Waals surface area (Å²) in [6.07, 6.45) is 14.2. The number of Topliss-reactive ketones (excluding diaryl/α,β-unsaturated/α-hetero) is 1. The van der Waals surface area contributed by atoms with Crippen LogP contribution in [0.5, 0.6) is 0 Å². The first-order chi connectivity index (χ1) is 14.4. The topological polar surface area (TPSA) is 87.0 Å². The Morgan fingerprint density at radius 3 is 2.33 bits per heavy atom. The number of benzene rings is 1.